The molecule has 0 aliphatic rings. The zero-order valence-electron chi connectivity index (χ0n) is 43.5. The lowest BCUT2D eigenvalue weighted by Gasteiger charge is -2.26. The average Bonchev–Trinajstić information content (AvgIpc) is 3.96. The van der Waals surface area contributed by atoms with Crippen molar-refractivity contribution in [3.63, 3.8) is 0 Å². The minimum atomic E-state index is -0.705. The Balaban J connectivity index is 1.23. The summed E-state index contributed by atoms with van der Waals surface area (Å²) in [6, 6.07) is 23.6. The molecule has 0 saturated heterocycles. The Kier molecular flexibility index (Phi) is 5.20. The topological polar surface area (TPSA) is 55.1 Å². The number of fused-ring (bicyclic) bond motifs is 6. The van der Waals surface area contributed by atoms with Crippen molar-refractivity contribution in [1.29, 1.82) is 0 Å². The van der Waals surface area contributed by atoms with Crippen LogP contribution in [0.1, 0.15) is 19.2 Å². The van der Waals surface area contributed by atoms with E-state index < -0.39 is 95.7 Å². The van der Waals surface area contributed by atoms with E-state index in [4.69, 9.17) is 30.3 Å². The zero-order chi connectivity index (χ0) is 49.9. The average molecular weight is 763 g/mol. The van der Waals surface area contributed by atoms with Crippen molar-refractivity contribution in [3.05, 3.63) is 194 Å². The van der Waals surface area contributed by atoms with E-state index in [1.54, 1.807) is 66.7 Å². The first-order valence-corrected chi connectivity index (χ1v) is 18.6. The quantitative estimate of drug-likeness (QED) is 0.162. The van der Waals surface area contributed by atoms with Crippen LogP contribution in [0.25, 0.3) is 87.4 Å². The molecule has 3 heterocycles. The maximum Gasteiger partial charge on any atom is 0.164 e. The number of anilines is 3. The first kappa shape index (κ1) is 21.6. The van der Waals surface area contributed by atoms with Gasteiger partial charge in [0, 0.05) is 70.7 Å². The van der Waals surface area contributed by atoms with E-state index in [2.05, 4.69) is 0 Å². The Hall–Kier alpha value is -7.41. The second-order valence-corrected chi connectivity index (χ2v) is 14.0. The Bertz CT molecular complexity index is 3990. The van der Waals surface area contributed by atoms with Crippen LogP contribution >= 0.6 is 11.3 Å². The normalized spacial score (nSPS) is 14.9. The predicted octanol–water partition coefficient (Wildman–Crippen LogP) is 14.3. The first-order valence-electron chi connectivity index (χ1n) is 24.8. The maximum atomic E-state index is 9.96. The van der Waals surface area contributed by atoms with Gasteiger partial charge in [0.15, 0.2) is 17.5 Å². The van der Waals surface area contributed by atoms with Crippen LogP contribution in [0.15, 0.2) is 198 Å². The van der Waals surface area contributed by atoms with Gasteiger partial charge < -0.3 is 9.32 Å². The van der Waals surface area contributed by atoms with Crippen molar-refractivity contribution >= 4 is 70.5 Å². The maximum absolute atomic E-state index is 9.96. The lowest BCUT2D eigenvalue weighted by atomic mass is 10.0. The van der Waals surface area contributed by atoms with Gasteiger partial charge in [0.2, 0.25) is 0 Å². The highest BCUT2D eigenvalue weighted by Crippen LogP contribution is 2.44. The molecule has 268 valence electrons. The van der Waals surface area contributed by atoms with Gasteiger partial charge in [0.1, 0.15) is 11.2 Å². The van der Waals surface area contributed by atoms with Crippen LogP contribution in [-0.2, 0) is 0 Å². The van der Waals surface area contributed by atoms with Crippen molar-refractivity contribution in [3.8, 4) is 45.3 Å². The fourth-order valence-electron chi connectivity index (χ4n) is 6.86. The largest absolute Gasteiger partial charge is 0.456 e. The number of aromatic nitrogens is 3. The van der Waals surface area contributed by atoms with Crippen molar-refractivity contribution < 1.29 is 23.6 Å². The van der Waals surface area contributed by atoms with Crippen LogP contribution in [0.4, 0.5) is 17.1 Å². The summed E-state index contributed by atoms with van der Waals surface area (Å²) >= 11 is 1.44. The SMILES string of the molecule is [2H]c1cc([2H])c(N(c2ccc3c(c2)sc2ccccc23)c2c([2H])c([2H])c3c(oc4c([2H])c([2H])c([2H])c(-c5nc(-c6ccccc6)nc(-c6ccccc6)n5)c43)c2[2H])c([2H])c1-c1c([2H])c([2H])c([2H])c([2H])c1[2H]. The second-order valence-electron chi connectivity index (χ2n) is 12.9. The summed E-state index contributed by atoms with van der Waals surface area (Å²) in [4.78, 5) is 15.6. The summed E-state index contributed by atoms with van der Waals surface area (Å²) in [5.74, 6) is 0.340. The van der Waals surface area contributed by atoms with Gasteiger partial charge in [-0.15, -0.1) is 11.3 Å². The fraction of sp³-hybridized carbons (Fsp3) is 0. The number of hydrogen-bond acceptors (Lipinski definition) is 6. The molecule has 3 aromatic heterocycles. The van der Waals surface area contributed by atoms with Crippen LogP contribution in [-0.4, -0.2) is 15.0 Å². The van der Waals surface area contributed by atoms with Crippen molar-refractivity contribution in [1.82, 2.24) is 15.0 Å². The molecule has 6 heteroatoms. The highest BCUT2D eigenvalue weighted by Gasteiger charge is 2.21. The number of furan rings is 1. The van der Waals surface area contributed by atoms with Gasteiger partial charge in [0.05, 0.1) is 19.2 Å². The van der Waals surface area contributed by atoms with E-state index in [1.165, 1.54) is 16.2 Å². The molecular formula is C51H32N4OS. The molecule has 0 bridgehead atoms. The smallest absolute Gasteiger partial charge is 0.164 e. The highest BCUT2D eigenvalue weighted by atomic mass is 32.1. The summed E-state index contributed by atoms with van der Waals surface area (Å²) in [5, 5.41) is 1.56. The summed E-state index contributed by atoms with van der Waals surface area (Å²) in [6.45, 7) is 0. The second kappa shape index (κ2) is 13.7. The van der Waals surface area contributed by atoms with Gasteiger partial charge in [-0.2, -0.15) is 0 Å². The van der Waals surface area contributed by atoms with Crippen LogP contribution in [0.5, 0.6) is 0 Å². The number of thiophene rings is 1. The lowest BCUT2D eigenvalue weighted by Crippen LogP contribution is -2.09. The van der Waals surface area contributed by atoms with Crippen LogP contribution < -0.4 is 4.90 Å². The van der Waals surface area contributed by atoms with Gasteiger partial charge in [-0.05, 0) is 59.5 Å². The minimum absolute atomic E-state index is 0.0728. The van der Waals surface area contributed by atoms with Crippen molar-refractivity contribution in [2.75, 3.05) is 4.90 Å². The molecule has 0 unspecified atom stereocenters. The molecule has 11 aromatic rings. The highest BCUT2D eigenvalue weighted by molar-refractivity contribution is 7.25. The molecule has 0 spiro atoms. The molecule has 0 radical (unpaired) electrons. The van der Waals surface area contributed by atoms with Crippen LogP contribution in [0.2, 0.25) is 0 Å². The van der Waals surface area contributed by atoms with Gasteiger partial charge in [-0.3, -0.25) is 0 Å². The third kappa shape index (κ3) is 5.91. The van der Waals surface area contributed by atoms with Gasteiger partial charge in [0.25, 0.3) is 0 Å². The van der Waals surface area contributed by atoms with Gasteiger partial charge >= 0.3 is 0 Å². The van der Waals surface area contributed by atoms with E-state index >= 15 is 0 Å². The predicted molar refractivity (Wildman–Crippen MR) is 236 cm³/mol. The monoisotopic (exact) mass is 762 g/mol. The van der Waals surface area contributed by atoms with Gasteiger partial charge in [-0.25, -0.2) is 15.0 Å². The Labute approximate surface area is 352 Å². The van der Waals surface area contributed by atoms with E-state index in [0.717, 1.165) is 26.2 Å². The molecule has 0 amide bonds. The Morgan fingerprint density at radius 3 is 1.95 bits per heavy atom. The molecular weight excluding hydrogens is 717 g/mol. The standard InChI is InChI=1S/C51H32N4OS/c1-4-14-33(15-5-1)36-20-12-21-37(30-36)55(39-26-28-41-40-22-10-11-25-46(40)57-47(41)32-39)38-27-29-42-45(31-38)56-44-24-13-23-43(48(42)44)51-53-49(34-16-6-2-7-17-34)52-50(54-51)35-18-8-3-9-19-35/h1-32H/i1D,4D,5D,13D,14D,15D,20D,21D,23D,24D,27D,29D,30D,31D. The molecule has 8 aromatic carbocycles. The van der Waals surface area contributed by atoms with E-state index in [0.29, 0.717) is 11.1 Å². The Morgan fingerprint density at radius 2 is 1.16 bits per heavy atom. The zero-order valence-corrected chi connectivity index (χ0v) is 30.3. The van der Waals surface area contributed by atoms with E-state index in [9.17, 15) is 8.22 Å². The number of hydrogen-bond donors (Lipinski definition) is 0. The van der Waals surface area contributed by atoms with Gasteiger partial charge in [-0.1, -0.05) is 139 Å². The number of benzene rings is 8. The third-order valence-corrected chi connectivity index (χ3v) is 10.6. The summed E-state index contributed by atoms with van der Waals surface area (Å²) in [6.07, 6.45) is 0. The van der Waals surface area contributed by atoms with Crippen LogP contribution in [0.3, 0.4) is 0 Å². The molecule has 57 heavy (non-hydrogen) atoms. The van der Waals surface area contributed by atoms with Crippen LogP contribution in [0, 0.1) is 0 Å². The summed E-state index contributed by atoms with van der Waals surface area (Å²) in [7, 11) is 0. The van der Waals surface area contributed by atoms with Crippen molar-refractivity contribution in [2.45, 2.75) is 0 Å². The van der Waals surface area contributed by atoms with Crippen molar-refractivity contribution in [2.24, 2.45) is 0 Å². The summed E-state index contributed by atoms with van der Waals surface area (Å²) < 4.78 is 136. The lowest BCUT2D eigenvalue weighted by molar-refractivity contribution is 0.669. The molecule has 0 aliphatic carbocycles. The minimum Gasteiger partial charge on any atom is -0.456 e. The molecule has 11 rings (SSSR count). The number of nitrogens with zero attached hydrogens (tertiary/aromatic N) is 4. The van der Waals surface area contributed by atoms with E-state index in [-0.39, 0.29) is 62.0 Å². The first-order chi connectivity index (χ1) is 34.1. The number of rotatable bonds is 7. The Morgan fingerprint density at radius 1 is 0.456 bits per heavy atom. The summed E-state index contributed by atoms with van der Waals surface area (Å²) in [5.41, 5.74) is -0.939. The molecule has 0 N–H and O–H groups in total. The van der Waals surface area contributed by atoms with E-state index in [1.807, 2.05) is 36.4 Å². The third-order valence-electron chi connectivity index (χ3n) is 9.47. The molecule has 5 nitrogen and oxygen atoms in total. The fourth-order valence-corrected chi connectivity index (χ4v) is 8.00. The molecule has 0 aliphatic heterocycles. The molecule has 0 fully saturated rings. The molecule has 0 atom stereocenters. The molecule has 0 saturated carbocycles.